The molecule has 0 atom stereocenters. The van der Waals surface area contributed by atoms with Crippen molar-refractivity contribution in [3.05, 3.63) is 46.3 Å². The number of anilines is 1. The molecule has 3 nitrogen and oxygen atoms in total. The lowest BCUT2D eigenvalue weighted by Gasteiger charge is -1.99. The standard InChI is InChI=1S/C13H9N3S2/c14-6-10-12(16)11(7-15)18-13(10)17-8-9-4-2-1-3-5-9/h1-5H,8,16H2. The van der Waals surface area contributed by atoms with Crippen LogP contribution in [0.1, 0.15) is 16.0 Å². The van der Waals surface area contributed by atoms with Gasteiger partial charge in [0.05, 0.1) is 9.90 Å². The molecule has 2 N–H and O–H groups in total. The van der Waals surface area contributed by atoms with E-state index in [1.54, 1.807) is 0 Å². The van der Waals surface area contributed by atoms with Gasteiger partial charge >= 0.3 is 0 Å². The van der Waals surface area contributed by atoms with Crippen molar-refractivity contribution in [2.45, 2.75) is 9.96 Å². The van der Waals surface area contributed by atoms with Crippen LogP contribution in [-0.4, -0.2) is 0 Å². The van der Waals surface area contributed by atoms with Gasteiger partial charge < -0.3 is 5.73 Å². The summed E-state index contributed by atoms with van der Waals surface area (Å²) in [7, 11) is 0. The summed E-state index contributed by atoms with van der Waals surface area (Å²) in [6, 6.07) is 14.1. The van der Waals surface area contributed by atoms with Crippen molar-refractivity contribution in [3.8, 4) is 12.1 Å². The van der Waals surface area contributed by atoms with Crippen LogP contribution in [0.15, 0.2) is 34.5 Å². The molecule has 1 aromatic heterocycles. The second-order valence-corrected chi connectivity index (χ2v) is 5.77. The van der Waals surface area contributed by atoms with Crippen LogP contribution in [0, 0.1) is 22.7 Å². The lowest BCUT2D eigenvalue weighted by atomic mass is 10.2. The van der Waals surface area contributed by atoms with Gasteiger partial charge in [0, 0.05) is 5.75 Å². The molecule has 0 fully saturated rings. The minimum Gasteiger partial charge on any atom is -0.396 e. The fourth-order valence-electron chi connectivity index (χ4n) is 1.44. The van der Waals surface area contributed by atoms with Crippen molar-refractivity contribution in [2.75, 3.05) is 5.73 Å². The molecular formula is C13H9N3S2. The van der Waals surface area contributed by atoms with E-state index >= 15 is 0 Å². The zero-order chi connectivity index (χ0) is 13.0. The van der Waals surface area contributed by atoms with E-state index in [1.807, 2.05) is 36.4 Å². The number of hydrogen-bond acceptors (Lipinski definition) is 5. The molecule has 0 saturated carbocycles. The van der Waals surface area contributed by atoms with Crippen LogP contribution in [0.2, 0.25) is 0 Å². The smallest absolute Gasteiger partial charge is 0.130 e. The van der Waals surface area contributed by atoms with Gasteiger partial charge in [-0.05, 0) is 5.56 Å². The molecule has 0 aliphatic heterocycles. The largest absolute Gasteiger partial charge is 0.396 e. The van der Waals surface area contributed by atoms with Gasteiger partial charge in [0.2, 0.25) is 0 Å². The van der Waals surface area contributed by atoms with Gasteiger partial charge in [0.15, 0.2) is 0 Å². The maximum absolute atomic E-state index is 9.06. The van der Waals surface area contributed by atoms with Crippen LogP contribution in [0.25, 0.3) is 0 Å². The second kappa shape index (κ2) is 5.59. The number of thiophene rings is 1. The fraction of sp³-hybridized carbons (Fsp3) is 0.0769. The molecule has 5 heteroatoms. The first-order valence-electron chi connectivity index (χ1n) is 5.15. The van der Waals surface area contributed by atoms with Gasteiger partial charge in [-0.25, -0.2) is 0 Å². The van der Waals surface area contributed by atoms with Gasteiger partial charge in [0.1, 0.15) is 22.6 Å². The van der Waals surface area contributed by atoms with E-state index in [4.69, 9.17) is 16.3 Å². The summed E-state index contributed by atoms with van der Waals surface area (Å²) in [5, 5.41) is 18.0. The highest BCUT2D eigenvalue weighted by molar-refractivity contribution is 8.00. The zero-order valence-electron chi connectivity index (χ0n) is 9.38. The molecule has 2 aromatic rings. The van der Waals surface area contributed by atoms with Gasteiger partial charge in [-0.1, -0.05) is 30.3 Å². The number of benzene rings is 1. The Morgan fingerprint density at radius 3 is 2.50 bits per heavy atom. The van der Waals surface area contributed by atoms with Crippen LogP contribution < -0.4 is 5.73 Å². The lowest BCUT2D eigenvalue weighted by Crippen LogP contribution is -1.88. The zero-order valence-corrected chi connectivity index (χ0v) is 11.0. The summed E-state index contributed by atoms with van der Waals surface area (Å²) in [5.41, 5.74) is 7.66. The first-order chi connectivity index (χ1) is 8.76. The molecule has 0 aliphatic carbocycles. The highest BCUT2D eigenvalue weighted by Gasteiger charge is 2.15. The van der Waals surface area contributed by atoms with Crippen molar-refractivity contribution in [1.29, 1.82) is 10.5 Å². The molecule has 18 heavy (non-hydrogen) atoms. The van der Waals surface area contributed by atoms with E-state index in [9.17, 15) is 0 Å². The van der Waals surface area contributed by atoms with E-state index in [1.165, 1.54) is 28.7 Å². The van der Waals surface area contributed by atoms with Crippen molar-refractivity contribution >= 4 is 28.8 Å². The van der Waals surface area contributed by atoms with Gasteiger partial charge in [0.25, 0.3) is 0 Å². The van der Waals surface area contributed by atoms with E-state index in [0.29, 0.717) is 16.1 Å². The normalized spacial score (nSPS) is 9.67. The lowest BCUT2D eigenvalue weighted by molar-refractivity contribution is 1.40. The molecule has 1 heterocycles. The highest BCUT2D eigenvalue weighted by Crippen LogP contribution is 2.38. The number of rotatable bonds is 3. The van der Waals surface area contributed by atoms with Crippen LogP contribution in [-0.2, 0) is 5.75 Å². The summed E-state index contributed by atoms with van der Waals surface area (Å²) in [5.74, 6) is 0.764. The fourth-order valence-corrected chi connectivity index (χ4v) is 3.59. The molecule has 0 unspecified atom stereocenters. The number of nitrogens with two attached hydrogens (primary N) is 1. The molecule has 0 amide bonds. The van der Waals surface area contributed by atoms with Crippen LogP contribution in [0.4, 0.5) is 5.69 Å². The SMILES string of the molecule is N#Cc1sc(SCc2ccccc2)c(C#N)c1N. The second-order valence-electron chi connectivity index (χ2n) is 3.51. The Morgan fingerprint density at radius 2 is 1.89 bits per heavy atom. The maximum Gasteiger partial charge on any atom is 0.130 e. The third-order valence-corrected chi connectivity index (χ3v) is 4.79. The minimum absolute atomic E-state index is 0.306. The summed E-state index contributed by atoms with van der Waals surface area (Å²) in [6.07, 6.45) is 0. The third-order valence-electron chi connectivity index (χ3n) is 2.34. The highest BCUT2D eigenvalue weighted by atomic mass is 32.2. The Morgan fingerprint density at radius 1 is 1.17 bits per heavy atom. The van der Waals surface area contributed by atoms with Crippen LogP contribution in [0.3, 0.4) is 0 Å². The summed E-state index contributed by atoms with van der Waals surface area (Å²) in [6.45, 7) is 0. The van der Waals surface area contributed by atoms with Crippen molar-refractivity contribution in [2.24, 2.45) is 0 Å². The van der Waals surface area contributed by atoms with E-state index in [2.05, 4.69) is 6.07 Å². The van der Waals surface area contributed by atoms with Crippen LogP contribution in [0.5, 0.6) is 0 Å². The van der Waals surface area contributed by atoms with Crippen molar-refractivity contribution in [1.82, 2.24) is 0 Å². The summed E-state index contributed by atoms with van der Waals surface area (Å²) in [4.78, 5) is 0.419. The molecule has 0 saturated heterocycles. The third kappa shape index (κ3) is 2.48. The Labute approximate surface area is 113 Å². The minimum atomic E-state index is 0.306. The number of nitrogen functional groups attached to an aromatic ring is 1. The first-order valence-corrected chi connectivity index (χ1v) is 6.95. The average Bonchev–Trinajstić information content (AvgIpc) is 2.73. The number of thioether (sulfide) groups is 1. The number of hydrogen-bond donors (Lipinski definition) is 1. The molecule has 0 radical (unpaired) electrons. The maximum atomic E-state index is 9.06. The topological polar surface area (TPSA) is 73.6 Å². The quantitative estimate of drug-likeness (QED) is 0.869. The Hall–Kier alpha value is -1.95. The average molecular weight is 271 g/mol. The summed E-state index contributed by atoms with van der Waals surface area (Å²) >= 11 is 2.82. The molecule has 0 bridgehead atoms. The molecule has 88 valence electrons. The molecule has 2 rings (SSSR count). The predicted octanol–water partition coefficient (Wildman–Crippen LogP) is 3.37. The Balaban J connectivity index is 2.21. The molecule has 0 spiro atoms. The number of nitrogens with zero attached hydrogens (tertiary/aromatic N) is 2. The van der Waals surface area contributed by atoms with Crippen molar-refractivity contribution < 1.29 is 0 Å². The van der Waals surface area contributed by atoms with Gasteiger partial charge in [-0.2, -0.15) is 10.5 Å². The number of nitriles is 2. The van der Waals surface area contributed by atoms with E-state index in [-0.39, 0.29) is 0 Å². The summed E-state index contributed by atoms with van der Waals surface area (Å²) < 4.78 is 0.815. The van der Waals surface area contributed by atoms with E-state index < -0.39 is 0 Å². The van der Waals surface area contributed by atoms with E-state index in [0.717, 1.165) is 9.96 Å². The Bertz CT molecular complexity index is 633. The van der Waals surface area contributed by atoms with Crippen molar-refractivity contribution in [3.63, 3.8) is 0 Å². The molecule has 0 aliphatic rings. The van der Waals surface area contributed by atoms with Gasteiger partial charge in [-0.3, -0.25) is 0 Å². The van der Waals surface area contributed by atoms with Crippen LogP contribution >= 0.6 is 23.1 Å². The Kier molecular flexibility index (Phi) is 3.88. The molecule has 1 aromatic carbocycles. The van der Waals surface area contributed by atoms with Gasteiger partial charge in [-0.15, -0.1) is 23.1 Å². The predicted molar refractivity (Wildman–Crippen MR) is 74.2 cm³/mol. The monoisotopic (exact) mass is 271 g/mol. The molecular weight excluding hydrogens is 262 g/mol. The first kappa shape index (κ1) is 12.5.